The zero-order valence-electron chi connectivity index (χ0n) is 11.8. The SMILES string of the molecule is CC(C)CN1CCC2(CCOC2CS(=O)(=O)F)CC1. The molecule has 0 aromatic heterocycles. The summed E-state index contributed by atoms with van der Waals surface area (Å²) < 4.78 is 40.1. The molecule has 19 heavy (non-hydrogen) atoms. The Bertz CT molecular complexity index is 402. The maximum Gasteiger partial charge on any atom is 0.304 e. The minimum absolute atomic E-state index is 0.118. The Hall–Kier alpha value is -0.200. The highest BCUT2D eigenvalue weighted by atomic mass is 32.3. The molecular weight excluding hydrogens is 269 g/mol. The number of piperidine rings is 1. The summed E-state index contributed by atoms with van der Waals surface area (Å²) in [5.74, 6) is 0.160. The van der Waals surface area contributed by atoms with Crippen molar-refractivity contribution < 1.29 is 17.0 Å². The Morgan fingerprint density at radius 2 is 1.95 bits per heavy atom. The molecule has 6 heteroatoms. The summed E-state index contributed by atoms with van der Waals surface area (Å²) in [5, 5.41) is 0. The Kier molecular flexibility index (Phi) is 4.52. The molecule has 0 aliphatic carbocycles. The molecule has 2 fully saturated rings. The third-order valence-electron chi connectivity index (χ3n) is 4.43. The lowest BCUT2D eigenvalue weighted by Gasteiger charge is -2.42. The van der Waals surface area contributed by atoms with Gasteiger partial charge in [0, 0.05) is 18.6 Å². The molecule has 2 aliphatic rings. The molecule has 4 nitrogen and oxygen atoms in total. The summed E-state index contributed by atoms with van der Waals surface area (Å²) in [6.45, 7) is 7.95. The van der Waals surface area contributed by atoms with E-state index >= 15 is 0 Å². The second-order valence-electron chi connectivity index (χ2n) is 6.37. The van der Waals surface area contributed by atoms with Crippen LogP contribution in [0.15, 0.2) is 0 Å². The molecule has 0 aromatic rings. The van der Waals surface area contributed by atoms with Gasteiger partial charge in [-0.1, -0.05) is 13.8 Å². The number of likely N-dealkylation sites (tertiary alicyclic amines) is 1. The molecule has 1 unspecified atom stereocenters. The van der Waals surface area contributed by atoms with Crippen molar-refractivity contribution in [1.29, 1.82) is 0 Å². The molecule has 1 atom stereocenters. The average molecular weight is 293 g/mol. The molecule has 2 saturated heterocycles. The fraction of sp³-hybridized carbons (Fsp3) is 1.00. The van der Waals surface area contributed by atoms with Crippen molar-refractivity contribution in [3.8, 4) is 0 Å². The Morgan fingerprint density at radius 1 is 1.32 bits per heavy atom. The van der Waals surface area contributed by atoms with Crippen LogP contribution in [0, 0.1) is 11.3 Å². The second kappa shape index (κ2) is 5.66. The highest BCUT2D eigenvalue weighted by molar-refractivity contribution is 7.86. The van der Waals surface area contributed by atoms with Gasteiger partial charge in [-0.3, -0.25) is 0 Å². The number of hydrogen-bond acceptors (Lipinski definition) is 4. The van der Waals surface area contributed by atoms with E-state index in [1.165, 1.54) is 0 Å². The number of ether oxygens (including phenoxy) is 1. The van der Waals surface area contributed by atoms with Crippen molar-refractivity contribution in [3.05, 3.63) is 0 Å². The van der Waals surface area contributed by atoms with Crippen molar-refractivity contribution >= 4 is 10.2 Å². The van der Waals surface area contributed by atoms with Crippen molar-refractivity contribution in [2.75, 3.05) is 32.0 Å². The van der Waals surface area contributed by atoms with Gasteiger partial charge in [-0.15, -0.1) is 3.89 Å². The van der Waals surface area contributed by atoms with Crippen molar-refractivity contribution in [2.45, 2.75) is 39.2 Å². The van der Waals surface area contributed by atoms with E-state index in [9.17, 15) is 12.3 Å². The van der Waals surface area contributed by atoms with Gasteiger partial charge in [0.1, 0.15) is 5.75 Å². The molecule has 112 valence electrons. The number of halogens is 1. The maximum atomic E-state index is 12.9. The van der Waals surface area contributed by atoms with Crippen LogP contribution in [0.1, 0.15) is 33.1 Å². The van der Waals surface area contributed by atoms with Crippen LogP contribution < -0.4 is 0 Å². The molecule has 2 heterocycles. The van der Waals surface area contributed by atoms with E-state index in [1.54, 1.807) is 0 Å². The molecule has 0 N–H and O–H groups in total. The summed E-state index contributed by atoms with van der Waals surface area (Å²) in [6, 6.07) is 0. The minimum Gasteiger partial charge on any atom is -0.376 e. The molecule has 0 amide bonds. The van der Waals surface area contributed by atoms with Gasteiger partial charge in [-0.25, -0.2) is 0 Å². The fourth-order valence-electron chi connectivity index (χ4n) is 3.42. The third-order valence-corrected chi connectivity index (χ3v) is 5.13. The smallest absolute Gasteiger partial charge is 0.304 e. The summed E-state index contributed by atoms with van der Waals surface area (Å²) >= 11 is 0. The van der Waals surface area contributed by atoms with E-state index in [4.69, 9.17) is 4.74 Å². The highest BCUT2D eigenvalue weighted by Gasteiger charge is 2.47. The molecule has 0 bridgehead atoms. The van der Waals surface area contributed by atoms with E-state index < -0.39 is 22.1 Å². The molecule has 2 rings (SSSR count). The Morgan fingerprint density at radius 3 is 2.47 bits per heavy atom. The van der Waals surface area contributed by atoms with E-state index in [0.29, 0.717) is 12.5 Å². The van der Waals surface area contributed by atoms with E-state index in [2.05, 4.69) is 18.7 Å². The molecule has 0 aromatic carbocycles. The van der Waals surface area contributed by atoms with Crippen molar-refractivity contribution in [1.82, 2.24) is 4.90 Å². The van der Waals surface area contributed by atoms with Crippen LogP contribution in [-0.2, 0) is 15.0 Å². The predicted molar refractivity (Wildman–Crippen MR) is 72.2 cm³/mol. The second-order valence-corrected chi connectivity index (χ2v) is 7.78. The summed E-state index contributed by atoms with van der Waals surface area (Å²) in [7, 11) is -4.45. The van der Waals surface area contributed by atoms with Crippen LogP contribution >= 0.6 is 0 Å². The first-order valence-electron chi connectivity index (χ1n) is 7.07. The van der Waals surface area contributed by atoms with Crippen molar-refractivity contribution in [3.63, 3.8) is 0 Å². The van der Waals surface area contributed by atoms with E-state index in [-0.39, 0.29) is 5.41 Å². The standard InChI is InChI=1S/C13H24FNO3S/c1-11(2)9-15-6-3-13(4-7-15)5-8-18-12(13)10-19(14,16)17/h11-12H,3-10H2,1-2H3. The van der Waals surface area contributed by atoms with Gasteiger partial charge in [0.05, 0.1) is 6.10 Å². The highest BCUT2D eigenvalue weighted by Crippen LogP contribution is 2.44. The number of hydrogen-bond donors (Lipinski definition) is 0. The first kappa shape index (κ1) is 15.2. The molecule has 0 saturated carbocycles. The Labute approximate surface area is 115 Å². The Balaban J connectivity index is 1.96. The molecule has 0 radical (unpaired) electrons. The zero-order valence-corrected chi connectivity index (χ0v) is 12.6. The first-order chi connectivity index (χ1) is 8.81. The minimum atomic E-state index is -4.45. The van der Waals surface area contributed by atoms with Gasteiger partial charge >= 0.3 is 10.2 Å². The quantitative estimate of drug-likeness (QED) is 0.742. The number of rotatable bonds is 4. The van der Waals surface area contributed by atoms with Gasteiger partial charge in [-0.2, -0.15) is 8.42 Å². The number of nitrogens with zero attached hydrogens (tertiary/aromatic N) is 1. The van der Waals surface area contributed by atoms with Gasteiger partial charge < -0.3 is 9.64 Å². The van der Waals surface area contributed by atoms with Crippen LogP contribution in [0.2, 0.25) is 0 Å². The molecule has 1 spiro atoms. The largest absolute Gasteiger partial charge is 0.376 e. The normalized spacial score (nSPS) is 28.3. The van der Waals surface area contributed by atoms with E-state index in [1.807, 2.05) is 0 Å². The van der Waals surface area contributed by atoms with Gasteiger partial charge in [0.2, 0.25) is 0 Å². The van der Waals surface area contributed by atoms with Gasteiger partial charge in [-0.05, 0) is 38.3 Å². The molecule has 2 aliphatic heterocycles. The topological polar surface area (TPSA) is 46.6 Å². The first-order valence-corrected chi connectivity index (χ1v) is 8.62. The van der Waals surface area contributed by atoms with E-state index in [0.717, 1.165) is 38.9 Å². The summed E-state index contributed by atoms with van der Waals surface area (Å²) in [4.78, 5) is 2.41. The lowest BCUT2D eigenvalue weighted by molar-refractivity contribution is 0.0196. The predicted octanol–water partition coefficient (Wildman–Crippen LogP) is 1.81. The average Bonchev–Trinajstić information content (AvgIpc) is 2.62. The van der Waals surface area contributed by atoms with Gasteiger partial charge in [0.25, 0.3) is 0 Å². The van der Waals surface area contributed by atoms with Crippen LogP contribution in [0.5, 0.6) is 0 Å². The maximum absolute atomic E-state index is 12.9. The van der Waals surface area contributed by atoms with Crippen LogP contribution in [0.4, 0.5) is 3.89 Å². The monoisotopic (exact) mass is 293 g/mol. The van der Waals surface area contributed by atoms with Crippen LogP contribution in [-0.4, -0.2) is 51.4 Å². The van der Waals surface area contributed by atoms with Crippen LogP contribution in [0.3, 0.4) is 0 Å². The van der Waals surface area contributed by atoms with Crippen LogP contribution in [0.25, 0.3) is 0 Å². The van der Waals surface area contributed by atoms with Crippen molar-refractivity contribution in [2.24, 2.45) is 11.3 Å². The molecular formula is C13H24FNO3S. The van der Waals surface area contributed by atoms with Gasteiger partial charge in [0.15, 0.2) is 0 Å². The zero-order chi connectivity index (χ0) is 14.1. The fourth-order valence-corrected chi connectivity index (χ4v) is 4.23. The lowest BCUT2D eigenvalue weighted by Crippen LogP contribution is -2.46. The lowest BCUT2D eigenvalue weighted by atomic mass is 9.73. The third kappa shape index (κ3) is 3.89. The summed E-state index contributed by atoms with van der Waals surface area (Å²) in [6.07, 6.45) is 2.24. The summed E-state index contributed by atoms with van der Waals surface area (Å²) in [5.41, 5.74) is -0.118.